The number of rotatable bonds is 11. The van der Waals surface area contributed by atoms with Crippen LogP contribution in [0.5, 0.6) is 0 Å². The molecule has 0 aromatic heterocycles. The Labute approximate surface area is 194 Å². The van der Waals surface area contributed by atoms with Crippen molar-refractivity contribution >= 4 is 35.6 Å². The molecule has 0 aliphatic carbocycles. The largest absolute Gasteiger partial charge is 0.481 e. The highest BCUT2D eigenvalue weighted by molar-refractivity contribution is 6.30. The van der Waals surface area contributed by atoms with Crippen LogP contribution >= 0.6 is 11.6 Å². The maximum atomic E-state index is 12.9. The van der Waals surface area contributed by atoms with Crippen molar-refractivity contribution in [1.29, 1.82) is 0 Å². The van der Waals surface area contributed by atoms with E-state index in [1.807, 2.05) is 0 Å². The summed E-state index contributed by atoms with van der Waals surface area (Å²) in [6, 6.07) is 6.49. The fraction of sp³-hybridized carbons (Fsp3) is 0.522. The third-order valence-electron chi connectivity index (χ3n) is 4.37. The van der Waals surface area contributed by atoms with E-state index >= 15 is 0 Å². The van der Waals surface area contributed by atoms with E-state index in [0.29, 0.717) is 11.4 Å². The van der Waals surface area contributed by atoms with E-state index in [-0.39, 0.29) is 38.6 Å². The van der Waals surface area contributed by atoms with Crippen LogP contribution in [-0.2, 0) is 14.3 Å². The Balaban J connectivity index is 3.01. The molecule has 1 atom stereocenters. The number of amides is 2. The van der Waals surface area contributed by atoms with Crippen LogP contribution in [0.25, 0.3) is 6.08 Å². The predicted octanol–water partition coefficient (Wildman–Crippen LogP) is 3.66. The molecule has 0 spiro atoms. The molecule has 0 radical (unpaired) electrons. The molecule has 178 valence electrons. The highest BCUT2D eigenvalue weighted by Crippen LogP contribution is 2.15. The van der Waals surface area contributed by atoms with Gasteiger partial charge in [-0.25, -0.2) is 4.79 Å². The van der Waals surface area contributed by atoms with E-state index in [2.05, 4.69) is 0 Å². The van der Waals surface area contributed by atoms with Crippen molar-refractivity contribution in [3.8, 4) is 0 Å². The van der Waals surface area contributed by atoms with Crippen LogP contribution in [0.1, 0.15) is 46.1 Å². The van der Waals surface area contributed by atoms with E-state index in [4.69, 9.17) is 21.4 Å². The second-order valence-corrected chi connectivity index (χ2v) is 8.85. The van der Waals surface area contributed by atoms with E-state index in [1.165, 1.54) is 15.9 Å². The molecule has 0 saturated carbocycles. The summed E-state index contributed by atoms with van der Waals surface area (Å²) in [6.07, 6.45) is 2.52. The summed E-state index contributed by atoms with van der Waals surface area (Å²) in [5, 5.41) is 18.8. The van der Waals surface area contributed by atoms with Gasteiger partial charge in [0.1, 0.15) is 5.60 Å². The molecule has 1 rings (SSSR count). The second-order valence-electron chi connectivity index (χ2n) is 8.42. The normalized spacial score (nSPS) is 12.4. The van der Waals surface area contributed by atoms with E-state index in [1.54, 1.807) is 58.0 Å². The lowest BCUT2D eigenvalue weighted by atomic mass is 10.2. The Kier molecular flexibility index (Phi) is 11.2. The standard InChI is InChI=1S/C23H33ClN2O6/c1-17(16-25(12-6-14-27)22(31)32-23(2,3)4)26(13-11-21(29)30)20(28)10-9-18-7-5-8-19(24)15-18/h5,7-10,15,17,27H,6,11-14,16H2,1-4H3,(H,29,30)/b10-9+. The first kappa shape index (κ1) is 27.5. The number of nitrogens with zero attached hydrogens (tertiary/aromatic N) is 2. The van der Waals surface area contributed by atoms with Crippen molar-refractivity contribution in [2.24, 2.45) is 0 Å². The molecular formula is C23H33ClN2O6. The number of benzene rings is 1. The van der Waals surface area contributed by atoms with Gasteiger partial charge < -0.3 is 24.7 Å². The van der Waals surface area contributed by atoms with Crippen molar-refractivity contribution in [2.75, 3.05) is 26.2 Å². The molecule has 32 heavy (non-hydrogen) atoms. The molecule has 8 nitrogen and oxygen atoms in total. The van der Waals surface area contributed by atoms with Crippen molar-refractivity contribution in [1.82, 2.24) is 9.80 Å². The zero-order valence-electron chi connectivity index (χ0n) is 19.1. The van der Waals surface area contributed by atoms with Gasteiger partial charge in [0.2, 0.25) is 5.91 Å². The minimum atomic E-state index is -1.03. The molecule has 2 N–H and O–H groups in total. The molecule has 0 heterocycles. The second kappa shape index (κ2) is 13.1. The Morgan fingerprint density at radius 3 is 2.47 bits per heavy atom. The van der Waals surface area contributed by atoms with Gasteiger partial charge in [0.15, 0.2) is 0 Å². The summed E-state index contributed by atoms with van der Waals surface area (Å²) >= 11 is 5.97. The molecule has 0 bridgehead atoms. The number of carbonyl (C=O) groups is 3. The molecule has 0 aliphatic heterocycles. The lowest BCUT2D eigenvalue weighted by Gasteiger charge is -2.34. The summed E-state index contributed by atoms with van der Waals surface area (Å²) in [5.74, 6) is -1.41. The molecule has 2 amide bonds. The number of halogens is 1. The van der Waals surface area contributed by atoms with Crippen LogP contribution in [0.15, 0.2) is 30.3 Å². The van der Waals surface area contributed by atoms with Crippen LogP contribution in [0.3, 0.4) is 0 Å². The maximum absolute atomic E-state index is 12.9. The molecule has 0 fully saturated rings. The lowest BCUT2D eigenvalue weighted by Crippen LogP contribution is -2.48. The number of carbonyl (C=O) groups excluding carboxylic acids is 2. The molecule has 0 aliphatic rings. The number of hydrogen-bond acceptors (Lipinski definition) is 5. The summed E-state index contributed by atoms with van der Waals surface area (Å²) in [4.78, 5) is 39.4. The molecule has 1 aromatic carbocycles. The average Bonchev–Trinajstić information content (AvgIpc) is 2.68. The first-order valence-electron chi connectivity index (χ1n) is 10.5. The minimum Gasteiger partial charge on any atom is -0.481 e. The van der Waals surface area contributed by atoms with Crippen LogP contribution in [0.4, 0.5) is 4.79 Å². The van der Waals surface area contributed by atoms with E-state index in [9.17, 15) is 19.5 Å². The van der Waals surface area contributed by atoms with Crippen LogP contribution in [0.2, 0.25) is 5.02 Å². The van der Waals surface area contributed by atoms with E-state index in [0.717, 1.165) is 5.56 Å². The van der Waals surface area contributed by atoms with Crippen molar-refractivity contribution < 1.29 is 29.3 Å². The Morgan fingerprint density at radius 1 is 1.22 bits per heavy atom. The van der Waals surface area contributed by atoms with Crippen LogP contribution in [0, 0.1) is 0 Å². The van der Waals surface area contributed by atoms with Gasteiger partial charge in [-0.3, -0.25) is 9.59 Å². The van der Waals surface area contributed by atoms with Gasteiger partial charge in [-0.05, 0) is 57.9 Å². The van der Waals surface area contributed by atoms with Crippen molar-refractivity contribution in [3.05, 3.63) is 40.9 Å². The Hall–Kier alpha value is -2.58. The monoisotopic (exact) mass is 468 g/mol. The SMILES string of the molecule is CC(CN(CCCO)C(=O)OC(C)(C)C)N(CCC(=O)O)C(=O)/C=C/c1cccc(Cl)c1. The zero-order chi connectivity index (χ0) is 24.3. The fourth-order valence-electron chi connectivity index (χ4n) is 2.90. The summed E-state index contributed by atoms with van der Waals surface area (Å²) in [7, 11) is 0. The quantitative estimate of drug-likeness (QED) is 0.480. The van der Waals surface area contributed by atoms with Gasteiger partial charge in [-0.1, -0.05) is 23.7 Å². The van der Waals surface area contributed by atoms with Gasteiger partial charge in [-0.15, -0.1) is 0 Å². The summed E-state index contributed by atoms with van der Waals surface area (Å²) in [6.45, 7) is 7.25. The van der Waals surface area contributed by atoms with Crippen molar-refractivity contribution in [2.45, 2.75) is 52.2 Å². The third-order valence-corrected chi connectivity index (χ3v) is 4.61. The number of aliphatic hydroxyl groups excluding tert-OH is 1. The smallest absolute Gasteiger partial charge is 0.410 e. The molecular weight excluding hydrogens is 436 g/mol. The first-order chi connectivity index (χ1) is 14.9. The van der Waals surface area contributed by atoms with Gasteiger partial charge in [0, 0.05) is 43.4 Å². The zero-order valence-corrected chi connectivity index (χ0v) is 19.8. The third kappa shape index (κ3) is 10.6. The van der Waals surface area contributed by atoms with Gasteiger partial charge in [-0.2, -0.15) is 0 Å². The van der Waals surface area contributed by atoms with Crippen LogP contribution < -0.4 is 0 Å². The molecule has 1 aromatic rings. The van der Waals surface area contributed by atoms with Crippen molar-refractivity contribution in [3.63, 3.8) is 0 Å². The summed E-state index contributed by atoms with van der Waals surface area (Å²) < 4.78 is 5.43. The minimum absolute atomic E-state index is 0.0165. The molecule has 1 unspecified atom stereocenters. The number of ether oxygens (including phenoxy) is 1. The predicted molar refractivity (Wildman–Crippen MR) is 123 cm³/mol. The number of aliphatic hydroxyl groups is 1. The van der Waals surface area contributed by atoms with Crippen LogP contribution in [-0.4, -0.2) is 75.9 Å². The number of carboxylic acid groups (broad SMARTS) is 1. The van der Waals surface area contributed by atoms with Gasteiger partial charge in [0.25, 0.3) is 0 Å². The van der Waals surface area contributed by atoms with E-state index < -0.39 is 23.7 Å². The number of hydrogen-bond donors (Lipinski definition) is 2. The number of carboxylic acids is 1. The number of aliphatic carboxylic acids is 1. The molecule has 9 heteroatoms. The molecule has 0 saturated heterocycles. The van der Waals surface area contributed by atoms with Gasteiger partial charge in [0.05, 0.1) is 6.42 Å². The lowest BCUT2D eigenvalue weighted by molar-refractivity contribution is -0.138. The highest BCUT2D eigenvalue weighted by atomic mass is 35.5. The first-order valence-corrected chi connectivity index (χ1v) is 10.9. The van der Waals surface area contributed by atoms with Gasteiger partial charge >= 0.3 is 12.1 Å². The topological polar surface area (TPSA) is 107 Å². The maximum Gasteiger partial charge on any atom is 0.410 e. The Morgan fingerprint density at radius 2 is 1.91 bits per heavy atom. The summed E-state index contributed by atoms with van der Waals surface area (Å²) in [5.41, 5.74) is 0.0334. The average molecular weight is 469 g/mol. The fourth-order valence-corrected chi connectivity index (χ4v) is 3.10. The Bertz CT molecular complexity index is 806. The highest BCUT2D eigenvalue weighted by Gasteiger charge is 2.27.